The van der Waals surface area contributed by atoms with Crippen LogP contribution in [0.4, 0.5) is 5.69 Å². The van der Waals surface area contributed by atoms with Crippen molar-refractivity contribution in [1.82, 2.24) is 5.32 Å². The van der Waals surface area contributed by atoms with Crippen LogP contribution in [0.25, 0.3) is 0 Å². The third-order valence-corrected chi connectivity index (χ3v) is 9.82. The van der Waals surface area contributed by atoms with Crippen LogP contribution in [0.3, 0.4) is 0 Å². The average Bonchev–Trinajstić information content (AvgIpc) is 3.17. The Balaban J connectivity index is 1.34. The van der Waals surface area contributed by atoms with Crippen LogP contribution in [0.2, 0.25) is 0 Å². The minimum atomic E-state index is -1.69. The number of hydrogen-bond acceptors (Lipinski definition) is 19. The van der Waals surface area contributed by atoms with E-state index in [4.69, 9.17) is 33.2 Å². The molecule has 3 aliphatic heterocycles. The molecule has 0 aromatic heterocycles. The molecule has 3 heterocycles. The number of nitro benzene ring substituents is 1. The number of non-ortho nitro benzene ring substituents is 1. The number of amides is 1. The monoisotopic (exact) mass is 818 g/mol. The lowest BCUT2D eigenvalue weighted by Gasteiger charge is -2.49. The predicted octanol–water partition coefficient (Wildman–Crippen LogP) is -1.53. The smallest absolute Gasteiger partial charge is 0.311 e. The highest BCUT2D eigenvalue weighted by Gasteiger charge is 2.53. The SMILES string of the molecule is CC(=O)NC1[C@@H](OC2[C@@H](O)C(CO)O[C@@H](OCCCCC(=O)CCCCC(=O)Oc3ccc([N+](=O)[O-])cc3)[C@H]2O[C@H]2C[C@@H](O)[C@H](O)C(C)O2)OC(CO)[C@H](O)[C@@H]1O. The summed E-state index contributed by atoms with van der Waals surface area (Å²) in [5.74, 6) is -1.04. The Morgan fingerprint density at radius 2 is 1.42 bits per heavy atom. The first-order chi connectivity index (χ1) is 27.1. The second-order valence-corrected chi connectivity index (χ2v) is 14.2. The average molecular weight is 819 g/mol. The first kappa shape index (κ1) is 46.4. The second-order valence-electron chi connectivity index (χ2n) is 14.2. The van der Waals surface area contributed by atoms with Gasteiger partial charge < -0.3 is 74.2 Å². The summed E-state index contributed by atoms with van der Waals surface area (Å²) in [6.07, 6.45) is -16.3. The van der Waals surface area contributed by atoms with Crippen LogP contribution in [0.15, 0.2) is 24.3 Å². The summed E-state index contributed by atoms with van der Waals surface area (Å²) >= 11 is 0. The molecule has 0 radical (unpaired) electrons. The first-order valence-corrected chi connectivity index (χ1v) is 18.9. The highest BCUT2D eigenvalue weighted by Crippen LogP contribution is 2.34. The molecule has 0 aliphatic carbocycles. The molecule has 21 nitrogen and oxygen atoms in total. The quantitative estimate of drug-likeness (QED) is 0.0243. The summed E-state index contributed by atoms with van der Waals surface area (Å²) in [6, 6.07) is 3.69. The number of carbonyl (C=O) groups excluding carboxylic acids is 3. The van der Waals surface area contributed by atoms with E-state index in [1.807, 2.05) is 0 Å². The number of hydrogen-bond donors (Lipinski definition) is 8. The molecule has 1 aromatic carbocycles. The van der Waals surface area contributed by atoms with Gasteiger partial charge in [-0.3, -0.25) is 24.5 Å². The first-order valence-electron chi connectivity index (χ1n) is 18.9. The van der Waals surface area contributed by atoms with Crippen LogP contribution in [-0.2, 0) is 42.8 Å². The fraction of sp³-hybridized carbons (Fsp3) is 0.750. The Hall–Kier alpha value is -3.29. The van der Waals surface area contributed by atoms with E-state index < -0.39 is 116 Å². The zero-order valence-corrected chi connectivity index (χ0v) is 31.6. The lowest BCUT2D eigenvalue weighted by molar-refractivity contribution is -0.384. The highest BCUT2D eigenvalue weighted by molar-refractivity contribution is 5.78. The minimum absolute atomic E-state index is 0.0114. The number of ether oxygens (including phenoxy) is 7. The number of nitrogens with zero attached hydrogens (tertiary/aromatic N) is 1. The lowest BCUT2D eigenvalue weighted by Crippen LogP contribution is -2.68. The van der Waals surface area contributed by atoms with Gasteiger partial charge in [-0.15, -0.1) is 0 Å². The van der Waals surface area contributed by atoms with Crippen LogP contribution in [0, 0.1) is 10.1 Å². The van der Waals surface area contributed by atoms with Crippen molar-refractivity contribution < 1.29 is 88.2 Å². The van der Waals surface area contributed by atoms with Crippen molar-refractivity contribution in [2.45, 2.75) is 151 Å². The maximum Gasteiger partial charge on any atom is 0.311 e. The lowest BCUT2D eigenvalue weighted by atomic mass is 9.95. The molecule has 57 heavy (non-hydrogen) atoms. The van der Waals surface area contributed by atoms with E-state index in [1.165, 1.54) is 31.2 Å². The summed E-state index contributed by atoms with van der Waals surface area (Å²) in [5.41, 5.74) is -0.135. The van der Waals surface area contributed by atoms with E-state index in [0.717, 1.165) is 6.92 Å². The second kappa shape index (κ2) is 22.2. The van der Waals surface area contributed by atoms with Crippen molar-refractivity contribution in [3.63, 3.8) is 0 Å². The van der Waals surface area contributed by atoms with Crippen molar-refractivity contribution in [3.05, 3.63) is 34.4 Å². The molecule has 1 amide bonds. The summed E-state index contributed by atoms with van der Waals surface area (Å²) in [6.45, 7) is 1.18. The van der Waals surface area contributed by atoms with E-state index in [0.29, 0.717) is 25.7 Å². The summed E-state index contributed by atoms with van der Waals surface area (Å²) in [5, 5.41) is 86.4. The number of nitro groups is 1. The van der Waals surface area contributed by atoms with E-state index in [9.17, 15) is 60.2 Å². The molecule has 5 unspecified atom stereocenters. The van der Waals surface area contributed by atoms with Gasteiger partial charge in [0.25, 0.3) is 5.69 Å². The Kier molecular flexibility index (Phi) is 18.1. The number of Topliss-reactive ketones (excluding diaryl/α,β-unsaturated/α-hetero) is 1. The number of esters is 1. The van der Waals surface area contributed by atoms with Crippen LogP contribution in [0.1, 0.15) is 65.2 Å². The van der Waals surface area contributed by atoms with Gasteiger partial charge in [-0.2, -0.15) is 0 Å². The molecular formula is C36H54N2O19. The molecule has 0 saturated carbocycles. The fourth-order valence-corrected chi connectivity index (χ4v) is 6.66. The molecule has 14 atom stereocenters. The van der Waals surface area contributed by atoms with Gasteiger partial charge in [0.2, 0.25) is 5.91 Å². The molecule has 8 N–H and O–H groups in total. The molecule has 322 valence electrons. The Morgan fingerprint density at radius 3 is 2.04 bits per heavy atom. The van der Waals surface area contributed by atoms with Crippen molar-refractivity contribution >= 4 is 23.3 Å². The number of unbranched alkanes of at least 4 members (excludes halogenated alkanes) is 2. The molecule has 3 aliphatic rings. The topological polar surface area (TPSA) is 313 Å². The minimum Gasteiger partial charge on any atom is -0.427 e. The van der Waals surface area contributed by atoms with E-state index >= 15 is 0 Å². The number of ketones is 1. The van der Waals surface area contributed by atoms with Gasteiger partial charge in [0.15, 0.2) is 18.9 Å². The third kappa shape index (κ3) is 13.1. The molecule has 3 saturated heterocycles. The number of carbonyl (C=O) groups is 3. The number of aliphatic hydroxyl groups excluding tert-OH is 7. The largest absolute Gasteiger partial charge is 0.427 e. The number of benzene rings is 1. The van der Waals surface area contributed by atoms with Crippen molar-refractivity contribution in [3.8, 4) is 5.75 Å². The number of rotatable bonds is 20. The zero-order valence-electron chi connectivity index (χ0n) is 31.6. The molecule has 0 bridgehead atoms. The maximum absolute atomic E-state index is 12.5. The van der Waals surface area contributed by atoms with Crippen molar-refractivity contribution in [1.29, 1.82) is 0 Å². The Labute approximate surface area is 327 Å². The summed E-state index contributed by atoms with van der Waals surface area (Å²) < 4.78 is 40.8. The summed E-state index contributed by atoms with van der Waals surface area (Å²) in [4.78, 5) is 46.9. The van der Waals surface area contributed by atoms with Gasteiger partial charge in [-0.1, -0.05) is 0 Å². The number of aliphatic hydroxyl groups is 7. The van der Waals surface area contributed by atoms with Gasteiger partial charge in [0.05, 0.1) is 30.3 Å². The highest BCUT2D eigenvalue weighted by atomic mass is 16.8. The number of nitrogens with one attached hydrogen (secondary N) is 1. The van der Waals surface area contributed by atoms with Crippen LogP contribution in [0.5, 0.6) is 5.75 Å². The van der Waals surface area contributed by atoms with Crippen LogP contribution >= 0.6 is 0 Å². The third-order valence-electron chi connectivity index (χ3n) is 9.82. The van der Waals surface area contributed by atoms with E-state index in [1.54, 1.807) is 0 Å². The molecule has 21 heteroatoms. The zero-order chi connectivity index (χ0) is 41.8. The van der Waals surface area contributed by atoms with Gasteiger partial charge in [-0.25, -0.2) is 0 Å². The van der Waals surface area contributed by atoms with Gasteiger partial charge in [-0.05, 0) is 44.7 Å². The van der Waals surface area contributed by atoms with E-state index in [2.05, 4.69) is 5.32 Å². The molecule has 0 spiro atoms. The van der Waals surface area contributed by atoms with Crippen LogP contribution < -0.4 is 10.1 Å². The molecule has 1 aromatic rings. The Bertz CT molecular complexity index is 1440. The van der Waals surface area contributed by atoms with Gasteiger partial charge in [0.1, 0.15) is 66.4 Å². The Morgan fingerprint density at radius 1 is 0.807 bits per heavy atom. The predicted molar refractivity (Wildman–Crippen MR) is 190 cm³/mol. The normalized spacial score (nSPS) is 34.3. The van der Waals surface area contributed by atoms with Gasteiger partial charge in [0, 0.05) is 51.3 Å². The van der Waals surface area contributed by atoms with Crippen molar-refractivity contribution in [2.24, 2.45) is 0 Å². The maximum atomic E-state index is 12.5. The molecule has 3 fully saturated rings. The van der Waals surface area contributed by atoms with E-state index in [-0.39, 0.29) is 49.5 Å². The summed E-state index contributed by atoms with van der Waals surface area (Å²) in [7, 11) is 0. The fourth-order valence-electron chi connectivity index (χ4n) is 6.66. The van der Waals surface area contributed by atoms with Crippen LogP contribution in [-0.4, -0.2) is 164 Å². The molecule has 4 rings (SSSR count). The molecular weight excluding hydrogens is 764 g/mol. The van der Waals surface area contributed by atoms with Gasteiger partial charge >= 0.3 is 5.97 Å². The van der Waals surface area contributed by atoms with Crippen molar-refractivity contribution in [2.75, 3.05) is 19.8 Å². The standard InChI is InChI=1S/C36H54N2O19/c1-18-29(45)23(43)15-27(52-18)56-34-33(57-35-28(37-19(2)41)32(48)30(46)24(16-39)54-35)31(47)25(17-40)55-36(34)51-14-6-5-8-21(42)7-3-4-9-26(44)53-22-12-10-20(11-13-22)38(49)50/h10-13,18,23-25,27-36,39-40,43,45-48H,3-9,14-17H2,1-2H3,(H,37,41)/t18?,23-,24?,25?,27+,28?,29-,30+,31+,32-,33?,34+,35-,36-/m1/s1.